The molecular formula is C14H28O2. The number of rotatable bonds is 2. The third kappa shape index (κ3) is 6.49. The van der Waals surface area contributed by atoms with Gasteiger partial charge in [0.25, 0.3) is 0 Å². The fraction of sp³-hybridized carbons (Fsp3) is 1.00. The maximum absolute atomic E-state index is 9.72. The standard InChI is InChI=1S/C14H28O2/c15-12-11-13-7-3-1-2-4-9-14(16)10-6-5-8-13/h13-16H,1-12H2. The van der Waals surface area contributed by atoms with E-state index in [-0.39, 0.29) is 6.10 Å². The van der Waals surface area contributed by atoms with Crippen LogP contribution < -0.4 is 0 Å². The molecule has 1 saturated carbocycles. The average molecular weight is 228 g/mol. The Hall–Kier alpha value is -0.0800. The molecule has 1 rings (SSSR count). The Bertz CT molecular complexity index is 159. The van der Waals surface area contributed by atoms with Gasteiger partial charge in [-0.2, -0.15) is 0 Å². The summed E-state index contributed by atoms with van der Waals surface area (Å²) in [6, 6.07) is 0. The second kappa shape index (κ2) is 9.00. The van der Waals surface area contributed by atoms with Crippen LogP contribution in [0.1, 0.15) is 70.6 Å². The highest BCUT2D eigenvalue weighted by molar-refractivity contribution is 4.64. The van der Waals surface area contributed by atoms with Crippen molar-refractivity contribution in [3.63, 3.8) is 0 Å². The van der Waals surface area contributed by atoms with Gasteiger partial charge in [0.2, 0.25) is 0 Å². The lowest BCUT2D eigenvalue weighted by Crippen LogP contribution is -2.09. The van der Waals surface area contributed by atoms with Gasteiger partial charge in [-0.1, -0.05) is 51.4 Å². The van der Waals surface area contributed by atoms with Crippen molar-refractivity contribution in [3.05, 3.63) is 0 Å². The van der Waals surface area contributed by atoms with Gasteiger partial charge in [-0.15, -0.1) is 0 Å². The summed E-state index contributed by atoms with van der Waals surface area (Å²) >= 11 is 0. The summed E-state index contributed by atoms with van der Waals surface area (Å²) in [7, 11) is 0. The maximum Gasteiger partial charge on any atom is 0.0540 e. The predicted octanol–water partition coefficient (Wildman–Crippen LogP) is 3.26. The molecule has 0 radical (unpaired) electrons. The van der Waals surface area contributed by atoms with Crippen LogP contribution >= 0.6 is 0 Å². The van der Waals surface area contributed by atoms with E-state index in [2.05, 4.69) is 0 Å². The molecule has 1 aliphatic rings. The second-order valence-corrected chi connectivity index (χ2v) is 5.31. The van der Waals surface area contributed by atoms with E-state index in [0.29, 0.717) is 6.61 Å². The lowest BCUT2D eigenvalue weighted by atomic mass is 9.90. The molecule has 0 aromatic heterocycles. The average Bonchev–Trinajstić information content (AvgIpc) is 2.26. The van der Waals surface area contributed by atoms with Gasteiger partial charge >= 0.3 is 0 Å². The third-order valence-electron chi connectivity index (χ3n) is 3.84. The maximum atomic E-state index is 9.72. The minimum Gasteiger partial charge on any atom is -0.396 e. The lowest BCUT2D eigenvalue weighted by molar-refractivity contribution is 0.144. The van der Waals surface area contributed by atoms with E-state index in [1.165, 1.54) is 44.9 Å². The minimum absolute atomic E-state index is 0.0595. The van der Waals surface area contributed by atoms with E-state index in [1.54, 1.807) is 0 Å². The van der Waals surface area contributed by atoms with E-state index >= 15 is 0 Å². The van der Waals surface area contributed by atoms with Gasteiger partial charge in [-0.25, -0.2) is 0 Å². The van der Waals surface area contributed by atoms with Gasteiger partial charge in [0, 0.05) is 6.61 Å². The molecule has 2 unspecified atom stereocenters. The van der Waals surface area contributed by atoms with Gasteiger partial charge < -0.3 is 10.2 Å². The molecule has 0 aromatic rings. The largest absolute Gasteiger partial charge is 0.396 e. The van der Waals surface area contributed by atoms with E-state index in [4.69, 9.17) is 5.11 Å². The summed E-state index contributed by atoms with van der Waals surface area (Å²) in [5, 5.41) is 18.7. The van der Waals surface area contributed by atoms with Gasteiger partial charge in [0.1, 0.15) is 0 Å². The summed E-state index contributed by atoms with van der Waals surface area (Å²) in [6.07, 6.45) is 12.9. The molecule has 96 valence electrons. The molecule has 2 heteroatoms. The SMILES string of the molecule is OCCC1CCCCCCC(O)CCCC1. The van der Waals surface area contributed by atoms with Crippen LogP contribution in [0.5, 0.6) is 0 Å². The first-order valence-electron chi connectivity index (χ1n) is 7.12. The molecule has 2 nitrogen and oxygen atoms in total. The molecule has 0 heterocycles. The number of hydrogen-bond acceptors (Lipinski definition) is 2. The summed E-state index contributed by atoms with van der Waals surface area (Å²) in [5.41, 5.74) is 0. The number of aliphatic hydroxyl groups is 2. The molecule has 0 amide bonds. The fourth-order valence-corrected chi connectivity index (χ4v) is 2.74. The molecule has 0 saturated heterocycles. The van der Waals surface area contributed by atoms with Gasteiger partial charge in [-0.05, 0) is 25.2 Å². The normalized spacial score (nSPS) is 30.4. The minimum atomic E-state index is -0.0595. The monoisotopic (exact) mass is 228 g/mol. The number of hydrogen-bond donors (Lipinski definition) is 2. The zero-order valence-corrected chi connectivity index (χ0v) is 10.5. The van der Waals surface area contributed by atoms with Crippen molar-refractivity contribution in [2.75, 3.05) is 6.61 Å². The van der Waals surface area contributed by atoms with Gasteiger partial charge in [0.05, 0.1) is 6.10 Å². The van der Waals surface area contributed by atoms with E-state index < -0.39 is 0 Å². The smallest absolute Gasteiger partial charge is 0.0540 e. The quantitative estimate of drug-likeness (QED) is 0.761. The van der Waals surface area contributed by atoms with Crippen molar-refractivity contribution < 1.29 is 10.2 Å². The van der Waals surface area contributed by atoms with Crippen LogP contribution in [0.4, 0.5) is 0 Å². The van der Waals surface area contributed by atoms with Crippen molar-refractivity contribution >= 4 is 0 Å². The lowest BCUT2D eigenvalue weighted by Gasteiger charge is -2.18. The predicted molar refractivity (Wildman–Crippen MR) is 67.4 cm³/mol. The number of aliphatic hydroxyl groups excluding tert-OH is 2. The molecule has 0 aromatic carbocycles. The first kappa shape index (κ1) is 14.0. The molecule has 1 aliphatic carbocycles. The Balaban J connectivity index is 2.26. The summed E-state index contributed by atoms with van der Waals surface area (Å²) in [4.78, 5) is 0. The Morgan fingerprint density at radius 1 is 0.750 bits per heavy atom. The summed E-state index contributed by atoms with van der Waals surface area (Å²) < 4.78 is 0. The van der Waals surface area contributed by atoms with Crippen LogP contribution in [-0.2, 0) is 0 Å². The zero-order chi connectivity index (χ0) is 11.6. The molecule has 16 heavy (non-hydrogen) atoms. The van der Waals surface area contributed by atoms with Crippen LogP contribution in [0.3, 0.4) is 0 Å². The van der Waals surface area contributed by atoms with Crippen molar-refractivity contribution in [1.82, 2.24) is 0 Å². The third-order valence-corrected chi connectivity index (χ3v) is 3.84. The fourth-order valence-electron chi connectivity index (χ4n) is 2.74. The van der Waals surface area contributed by atoms with E-state index in [0.717, 1.165) is 31.6 Å². The van der Waals surface area contributed by atoms with E-state index in [9.17, 15) is 5.11 Å². The Morgan fingerprint density at radius 2 is 1.25 bits per heavy atom. The highest BCUT2D eigenvalue weighted by Gasteiger charge is 2.10. The van der Waals surface area contributed by atoms with E-state index in [1.807, 2.05) is 0 Å². The Labute approximate surface area is 100 Å². The Morgan fingerprint density at radius 3 is 1.88 bits per heavy atom. The van der Waals surface area contributed by atoms with Crippen molar-refractivity contribution in [2.45, 2.75) is 76.7 Å². The van der Waals surface area contributed by atoms with Gasteiger partial charge in [0.15, 0.2) is 0 Å². The molecule has 0 aliphatic heterocycles. The van der Waals surface area contributed by atoms with Crippen LogP contribution in [0, 0.1) is 5.92 Å². The topological polar surface area (TPSA) is 40.5 Å². The van der Waals surface area contributed by atoms with Crippen LogP contribution in [0.25, 0.3) is 0 Å². The van der Waals surface area contributed by atoms with Gasteiger partial charge in [-0.3, -0.25) is 0 Å². The first-order valence-corrected chi connectivity index (χ1v) is 7.12. The van der Waals surface area contributed by atoms with Crippen molar-refractivity contribution in [3.8, 4) is 0 Å². The molecule has 0 spiro atoms. The highest BCUT2D eigenvalue weighted by atomic mass is 16.3. The molecule has 0 bridgehead atoms. The van der Waals surface area contributed by atoms with Crippen LogP contribution in [0.15, 0.2) is 0 Å². The first-order chi connectivity index (χ1) is 7.83. The highest BCUT2D eigenvalue weighted by Crippen LogP contribution is 2.23. The molecule has 2 N–H and O–H groups in total. The van der Waals surface area contributed by atoms with Crippen molar-refractivity contribution in [1.29, 1.82) is 0 Å². The van der Waals surface area contributed by atoms with Crippen LogP contribution in [-0.4, -0.2) is 22.9 Å². The summed E-state index contributed by atoms with van der Waals surface area (Å²) in [6.45, 7) is 0.341. The Kier molecular flexibility index (Phi) is 7.87. The molecule has 1 fully saturated rings. The summed E-state index contributed by atoms with van der Waals surface area (Å²) in [5.74, 6) is 0.724. The van der Waals surface area contributed by atoms with Crippen LogP contribution in [0.2, 0.25) is 0 Å². The second-order valence-electron chi connectivity index (χ2n) is 5.31. The molecular weight excluding hydrogens is 200 g/mol. The van der Waals surface area contributed by atoms with Crippen molar-refractivity contribution in [2.24, 2.45) is 5.92 Å². The zero-order valence-electron chi connectivity index (χ0n) is 10.5. The molecule has 2 atom stereocenters.